The minimum Gasteiger partial charge on any atom is -0.540 e. The molecule has 0 bridgehead atoms. The van der Waals surface area contributed by atoms with Crippen LogP contribution in [-0.4, -0.2) is 13.4 Å². The van der Waals surface area contributed by atoms with Crippen molar-refractivity contribution in [3.63, 3.8) is 0 Å². The average Bonchev–Trinajstić information content (AvgIpc) is 2.32. The van der Waals surface area contributed by atoms with E-state index in [2.05, 4.69) is 19.6 Å². The molecular weight excluding hydrogens is 184 g/mol. The van der Waals surface area contributed by atoms with Crippen molar-refractivity contribution in [2.75, 3.05) is 0 Å². The summed E-state index contributed by atoms with van der Waals surface area (Å²) in [4.78, 5) is 0. The van der Waals surface area contributed by atoms with Crippen molar-refractivity contribution in [3.8, 4) is 0 Å². The number of hydrogen-bond acceptors (Lipinski definition) is 2. The van der Waals surface area contributed by atoms with Crippen LogP contribution in [0.25, 0.3) is 0 Å². The number of hydrogen-bond donors (Lipinski definition) is 0. The highest BCUT2D eigenvalue weighted by Gasteiger charge is 2.25. The molecule has 0 saturated heterocycles. The molecule has 0 aromatic rings. The molecule has 1 rings (SSSR count). The minimum absolute atomic E-state index is 0.590. The predicted octanol–water partition coefficient (Wildman–Crippen LogP) is 3.36. The van der Waals surface area contributed by atoms with Crippen molar-refractivity contribution in [1.82, 2.24) is 0 Å². The van der Waals surface area contributed by atoms with Crippen LogP contribution in [0.1, 0.15) is 25.7 Å². The molecule has 0 spiro atoms. The lowest BCUT2D eigenvalue weighted by Gasteiger charge is -2.22. The summed E-state index contributed by atoms with van der Waals surface area (Å²) < 4.78 is 5.79. The van der Waals surface area contributed by atoms with Crippen LogP contribution in [0.5, 0.6) is 0 Å². The zero-order valence-electron chi connectivity index (χ0n) is 8.22. The summed E-state index contributed by atoms with van der Waals surface area (Å²) in [5.41, 5.74) is 0. The zero-order chi connectivity index (χ0) is 9.19. The van der Waals surface area contributed by atoms with Gasteiger partial charge in [-0.3, -0.25) is 0 Å². The molecule has 0 unspecified atom stereocenters. The van der Waals surface area contributed by atoms with E-state index in [0.29, 0.717) is 5.92 Å². The Morgan fingerprint density at radius 3 is 2.17 bits per heavy atom. The Labute approximate surface area is 81.6 Å². The van der Waals surface area contributed by atoms with Crippen LogP contribution in [-0.2, 0) is 4.43 Å². The van der Waals surface area contributed by atoms with Gasteiger partial charge in [-0.05, 0) is 44.7 Å². The molecule has 3 heteroatoms. The van der Waals surface area contributed by atoms with Crippen molar-refractivity contribution >= 4 is 25.6 Å². The molecule has 0 amide bonds. The maximum Gasteiger partial charge on any atom is 0.242 e. The first kappa shape index (κ1) is 10.2. The Bertz CT molecular complexity index is 168. The fourth-order valence-corrected chi connectivity index (χ4v) is 3.30. The molecule has 1 saturated carbocycles. The lowest BCUT2D eigenvalue weighted by atomic mass is 10.1. The Morgan fingerprint density at radius 2 is 1.75 bits per heavy atom. The monoisotopic (exact) mass is 202 g/mol. The molecule has 0 aromatic carbocycles. The van der Waals surface area contributed by atoms with Crippen molar-refractivity contribution in [1.29, 1.82) is 0 Å². The van der Waals surface area contributed by atoms with Gasteiger partial charge in [-0.15, -0.1) is 0 Å². The molecule has 0 atom stereocenters. The van der Waals surface area contributed by atoms with E-state index in [-0.39, 0.29) is 0 Å². The van der Waals surface area contributed by atoms with E-state index in [1.807, 2.05) is 0 Å². The Morgan fingerprint density at radius 1 is 1.25 bits per heavy atom. The highest BCUT2D eigenvalue weighted by Crippen LogP contribution is 2.27. The maximum absolute atomic E-state index is 5.79. The van der Waals surface area contributed by atoms with Gasteiger partial charge in [0, 0.05) is 5.92 Å². The predicted molar refractivity (Wildman–Crippen MR) is 59.0 cm³/mol. The molecule has 0 N–H and O–H groups in total. The summed E-state index contributed by atoms with van der Waals surface area (Å²) in [6.07, 6.45) is 5.17. The number of thiocarbonyl (C=S) groups is 1. The van der Waals surface area contributed by atoms with E-state index in [1.165, 1.54) is 25.7 Å². The maximum atomic E-state index is 5.79. The Balaban J connectivity index is 2.37. The molecule has 0 aromatic heterocycles. The lowest BCUT2D eigenvalue weighted by molar-refractivity contribution is 0.503. The van der Waals surface area contributed by atoms with Crippen LogP contribution in [0, 0.1) is 5.92 Å². The third kappa shape index (κ3) is 3.23. The van der Waals surface area contributed by atoms with Crippen LogP contribution >= 0.6 is 12.2 Å². The lowest BCUT2D eigenvalue weighted by Crippen LogP contribution is -2.31. The van der Waals surface area contributed by atoms with Gasteiger partial charge in [0.05, 0.1) is 0 Å². The van der Waals surface area contributed by atoms with Gasteiger partial charge in [0.15, 0.2) is 0 Å². The molecule has 70 valence electrons. The fourth-order valence-electron chi connectivity index (χ4n) is 1.55. The summed E-state index contributed by atoms with van der Waals surface area (Å²) in [5.74, 6) is 0.590. The SMILES string of the molecule is C[Si](C)(C)OC(=S)C1CCCC1. The fraction of sp³-hybridized carbons (Fsp3) is 0.889. The summed E-state index contributed by atoms with van der Waals surface area (Å²) in [5, 5.41) is 0.895. The van der Waals surface area contributed by atoms with Gasteiger partial charge in [-0.2, -0.15) is 0 Å². The van der Waals surface area contributed by atoms with Crippen molar-refractivity contribution in [2.45, 2.75) is 45.3 Å². The van der Waals surface area contributed by atoms with Gasteiger partial charge in [0.1, 0.15) is 5.05 Å². The topological polar surface area (TPSA) is 9.23 Å². The minimum atomic E-state index is -1.43. The zero-order valence-corrected chi connectivity index (χ0v) is 10.0. The first-order valence-electron chi connectivity index (χ1n) is 4.72. The van der Waals surface area contributed by atoms with E-state index in [9.17, 15) is 0 Å². The van der Waals surface area contributed by atoms with Gasteiger partial charge in [0.2, 0.25) is 8.32 Å². The molecular formula is C9H18OSSi. The molecule has 1 fully saturated rings. The van der Waals surface area contributed by atoms with Crippen molar-refractivity contribution in [2.24, 2.45) is 5.92 Å². The van der Waals surface area contributed by atoms with E-state index >= 15 is 0 Å². The van der Waals surface area contributed by atoms with E-state index < -0.39 is 8.32 Å². The highest BCUT2D eigenvalue weighted by atomic mass is 32.1. The van der Waals surface area contributed by atoms with Crippen LogP contribution in [0.3, 0.4) is 0 Å². The molecule has 0 radical (unpaired) electrons. The quantitative estimate of drug-likeness (QED) is 0.501. The second-order valence-corrected chi connectivity index (χ2v) is 9.35. The first-order valence-corrected chi connectivity index (χ1v) is 8.53. The third-order valence-electron chi connectivity index (χ3n) is 2.10. The molecule has 12 heavy (non-hydrogen) atoms. The van der Waals surface area contributed by atoms with Gasteiger partial charge < -0.3 is 4.43 Å². The normalized spacial score (nSPS) is 19.6. The molecule has 0 aliphatic heterocycles. The van der Waals surface area contributed by atoms with Crippen LogP contribution < -0.4 is 0 Å². The van der Waals surface area contributed by atoms with Crippen LogP contribution in [0.15, 0.2) is 0 Å². The van der Waals surface area contributed by atoms with Gasteiger partial charge in [0.25, 0.3) is 0 Å². The van der Waals surface area contributed by atoms with Crippen LogP contribution in [0.4, 0.5) is 0 Å². The van der Waals surface area contributed by atoms with E-state index in [1.54, 1.807) is 0 Å². The highest BCUT2D eigenvalue weighted by molar-refractivity contribution is 7.80. The molecule has 1 aliphatic carbocycles. The summed E-state index contributed by atoms with van der Waals surface area (Å²) in [6.45, 7) is 6.57. The molecule has 1 nitrogen and oxygen atoms in total. The second kappa shape index (κ2) is 3.88. The second-order valence-electron chi connectivity index (χ2n) is 4.51. The van der Waals surface area contributed by atoms with E-state index in [0.717, 1.165) is 5.05 Å². The van der Waals surface area contributed by atoms with Gasteiger partial charge in [-0.25, -0.2) is 0 Å². The first-order chi connectivity index (χ1) is 5.49. The Kier molecular flexibility index (Phi) is 3.29. The summed E-state index contributed by atoms with van der Waals surface area (Å²) in [7, 11) is -1.43. The smallest absolute Gasteiger partial charge is 0.242 e. The summed E-state index contributed by atoms with van der Waals surface area (Å²) in [6, 6.07) is 0. The Hall–Kier alpha value is 0.107. The molecule has 1 aliphatic rings. The standard InChI is InChI=1S/C9H18OSSi/c1-12(2,3)10-9(11)8-6-4-5-7-8/h8H,4-7H2,1-3H3. The van der Waals surface area contributed by atoms with Gasteiger partial charge in [-0.1, -0.05) is 12.8 Å². The van der Waals surface area contributed by atoms with E-state index in [4.69, 9.17) is 16.6 Å². The van der Waals surface area contributed by atoms with Crippen molar-refractivity contribution < 1.29 is 4.43 Å². The van der Waals surface area contributed by atoms with Crippen molar-refractivity contribution in [3.05, 3.63) is 0 Å². The van der Waals surface area contributed by atoms with Gasteiger partial charge >= 0.3 is 0 Å². The molecule has 0 heterocycles. The largest absolute Gasteiger partial charge is 0.540 e. The third-order valence-corrected chi connectivity index (χ3v) is 3.49. The number of rotatable bonds is 2. The summed E-state index contributed by atoms with van der Waals surface area (Å²) >= 11 is 5.27. The van der Waals surface area contributed by atoms with Crippen LogP contribution in [0.2, 0.25) is 19.6 Å². The average molecular weight is 202 g/mol.